The first kappa shape index (κ1) is 22.5. The summed E-state index contributed by atoms with van der Waals surface area (Å²) < 4.78 is 16.2. The molecule has 4 rings (SSSR count). The van der Waals surface area contributed by atoms with Crippen LogP contribution in [0, 0.1) is 5.82 Å². The molecule has 1 aromatic heterocycles. The molecule has 9 heteroatoms. The highest BCUT2D eigenvalue weighted by molar-refractivity contribution is 9.10. The third-order valence-corrected chi connectivity index (χ3v) is 6.26. The van der Waals surface area contributed by atoms with Gasteiger partial charge in [-0.05, 0) is 48.0 Å². The van der Waals surface area contributed by atoms with E-state index in [2.05, 4.69) is 31.4 Å². The van der Waals surface area contributed by atoms with E-state index in [9.17, 15) is 9.18 Å². The lowest BCUT2D eigenvalue weighted by atomic mass is 10.1. The lowest BCUT2D eigenvalue weighted by Crippen LogP contribution is -2.15. The van der Waals surface area contributed by atoms with E-state index in [1.54, 1.807) is 30.3 Å². The zero-order valence-corrected chi connectivity index (χ0v) is 19.8. The van der Waals surface area contributed by atoms with Crippen LogP contribution < -0.4 is 5.32 Å². The zero-order valence-electron chi connectivity index (χ0n) is 16.6. The summed E-state index contributed by atoms with van der Waals surface area (Å²) in [6, 6.07) is 21.2. The number of carbonyl (C=O) groups excluding carboxylic acids is 1. The number of nitrogens with one attached hydrogen (secondary N) is 1. The second kappa shape index (κ2) is 10.3. The molecular formula is C23H17BrClFN4OS. The first-order valence-corrected chi connectivity index (χ1v) is 11.8. The van der Waals surface area contributed by atoms with Gasteiger partial charge in [-0.15, -0.1) is 10.2 Å². The number of carbonyl (C=O) groups is 1. The number of hydrogen-bond acceptors (Lipinski definition) is 4. The Morgan fingerprint density at radius 1 is 1.06 bits per heavy atom. The van der Waals surface area contributed by atoms with Crippen molar-refractivity contribution < 1.29 is 9.18 Å². The molecule has 0 aliphatic carbocycles. The van der Waals surface area contributed by atoms with Crippen molar-refractivity contribution in [3.8, 4) is 5.69 Å². The molecule has 4 aromatic rings. The van der Waals surface area contributed by atoms with Gasteiger partial charge in [0, 0.05) is 16.6 Å². The molecule has 32 heavy (non-hydrogen) atoms. The number of hydrogen-bond donors (Lipinski definition) is 1. The van der Waals surface area contributed by atoms with E-state index < -0.39 is 0 Å². The van der Waals surface area contributed by atoms with Gasteiger partial charge in [0.25, 0.3) is 0 Å². The molecule has 162 valence electrons. The van der Waals surface area contributed by atoms with Crippen molar-refractivity contribution in [3.63, 3.8) is 0 Å². The van der Waals surface area contributed by atoms with Gasteiger partial charge >= 0.3 is 0 Å². The maximum absolute atomic E-state index is 13.5. The fourth-order valence-electron chi connectivity index (χ4n) is 3.04. The van der Waals surface area contributed by atoms with Gasteiger partial charge in [0.1, 0.15) is 11.6 Å². The van der Waals surface area contributed by atoms with Crippen LogP contribution in [0.5, 0.6) is 0 Å². The summed E-state index contributed by atoms with van der Waals surface area (Å²) in [5.41, 5.74) is 2.33. The lowest BCUT2D eigenvalue weighted by molar-refractivity contribution is -0.113. The van der Waals surface area contributed by atoms with Gasteiger partial charge in [-0.2, -0.15) is 0 Å². The molecule has 1 amide bonds. The molecule has 0 unspecified atom stereocenters. The number of aromatic nitrogens is 3. The van der Waals surface area contributed by atoms with Crippen LogP contribution in [0.25, 0.3) is 5.69 Å². The molecule has 0 saturated heterocycles. The van der Waals surface area contributed by atoms with Gasteiger partial charge in [-0.1, -0.05) is 69.6 Å². The summed E-state index contributed by atoms with van der Waals surface area (Å²) in [5.74, 6) is 0.252. The quantitative estimate of drug-likeness (QED) is 0.291. The van der Waals surface area contributed by atoms with Crippen molar-refractivity contribution in [2.45, 2.75) is 11.6 Å². The normalized spacial score (nSPS) is 10.8. The van der Waals surface area contributed by atoms with Crippen LogP contribution in [0.2, 0.25) is 5.02 Å². The Morgan fingerprint density at radius 2 is 1.81 bits per heavy atom. The fraction of sp³-hybridized carbons (Fsp3) is 0.0870. The monoisotopic (exact) mass is 530 g/mol. The van der Waals surface area contributed by atoms with Crippen LogP contribution >= 0.6 is 39.3 Å². The lowest BCUT2D eigenvalue weighted by Gasteiger charge is -2.11. The largest absolute Gasteiger partial charge is 0.324 e. The Morgan fingerprint density at radius 3 is 2.53 bits per heavy atom. The number of thioether (sulfide) groups is 1. The molecule has 0 atom stereocenters. The minimum absolute atomic E-state index is 0.108. The van der Waals surface area contributed by atoms with Crippen LogP contribution in [0.3, 0.4) is 0 Å². The van der Waals surface area contributed by atoms with Crippen LogP contribution in [0.4, 0.5) is 10.1 Å². The molecule has 0 radical (unpaired) electrons. The predicted octanol–water partition coefficient (Wildman–Crippen LogP) is 6.14. The Kier molecular flexibility index (Phi) is 7.24. The second-order valence-electron chi connectivity index (χ2n) is 6.83. The number of halogens is 3. The van der Waals surface area contributed by atoms with Gasteiger partial charge < -0.3 is 5.32 Å². The topological polar surface area (TPSA) is 59.8 Å². The first-order chi connectivity index (χ1) is 15.5. The van der Waals surface area contributed by atoms with E-state index in [-0.39, 0.29) is 17.5 Å². The molecule has 5 nitrogen and oxygen atoms in total. The summed E-state index contributed by atoms with van der Waals surface area (Å²) in [7, 11) is 0. The van der Waals surface area contributed by atoms with Gasteiger partial charge in [0.2, 0.25) is 5.91 Å². The maximum atomic E-state index is 13.5. The molecule has 0 fully saturated rings. The van der Waals surface area contributed by atoms with Crippen molar-refractivity contribution in [2.75, 3.05) is 11.1 Å². The smallest absolute Gasteiger partial charge is 0.234 e. The third kappa shape index (κ3) is 5.56. The molecule has 1 N–H and O–H groups in total. The minimum Gasteiger partial charge on any atom is -0.324 e. The number of benzene rings is 3. The average molecular weight is 532 g/mol. The van der Waals surface area contributed by atoms with Gasteiger partial charge in [0.15, 0.2) is 5.16 Å². The Hall–Kier alpha value is -2.68. The van der Waals surface area contributed by atoms with Crippen LogP contribution in [-0.4, -0.2) is 26.4 Å². The van der Waals surface area contributed by atoms with Gasteiger partial charge in [0.05, 0.1) is 16.5 Å². The fourth-order valence-corrected chi connectivity index (χ4v) is 4.53. The Balaban J connectivity index is 1.55. The average Bonchev–Trinajstić information content (AvgIpc) is 3.18. The van der Waals surface area contributed by atoms with E-state index in [1.165, 1.54) is 23.9 Å². The van der Waals surface area contributed by atoms with Gasteiger partial charge in [-0.25, -0.2) is 4.39 Å². The van der Waals surface area contributed by atoms with Crippen LogP contribution in [0.15, 0.2) is 82.4 Å². The SMILES string of the molecule is O=C(CSc1nnc(Cc2ccccc2)n1-c1ccc(F)cc1)Nc1ccc(Br)cc1Cl. The van der Waals surface area contributed by atoms with Crippen molar-refractivity contribution in [1.29, 1.82) is 0 Å². The second-order valence-corrected chi connectivity index (χ2v) is 9.10. The summed E-state index contributed by atoms with van der Waals surface area (Å²) in [4.78, 5) is 12.5. The first-order valence-electron chi connectivity index (χ1n) is 9.61. The van der Waals surface area contributed by atoms with E-state index in [0.717, 1.165) is 15.7 Å². The standard InChI is InChI=1S/C23H17BrClFN4OS/c24-16-6-11-20(19(25)13-16)27-22(31)14-32-23-29-28-21(12-15-4-2-1-3-5-15)30(23)18-9-7-17(26)8-10-18/h1-11,13H,12,14H2,(H,27,31). The summed E-state index contributed by atoms with van der Waals surface area (Å²) >= 11 is 10.8. The van der Waals surface area contributed by atoms with E-state index in [1.807, 2.05) is 34.9 Å². The number of nitrogens with zero attached hydrogens (tertiary/aromatic N) is 3. The maximum Gasteiger partial charge on any atom is 0.234 e. The highest BCUT2D eigenvalue weighted by atomic mass is 79.9. The Labute approximate surface area is 202 Å². The highest BCUT2D eigenvalue weighted by Crippen LogP contribution is 2.27. The van der Waals surface area contributed by atoms with Crippen molar-refractivity contribution >= 4 is 50.9 Å². The third-order valence-electron chi connectivity index (χ3n) is 4.53. The number of anilines is 1. The van der Waals surface area contributed by atoms with E-state index >= 15 is 0 Å². The summed E-state index contributed by atoms with van der Waals surface area (Å²) in [6.45, 7) is 0. The molecule has 0 spiro atoms. The molecule has 0 bridgehead atoms. The van der Waals surface area contributed by atoms with Crippen molar-refractivity contribution in [3.05, 3.63) is 99.5 Å². The van der Waals surface area contributed by atoms with E-state index in [4.69, 9.17) is 11.6 Å². The predicted molar refractivity (Wildman–Crippen MR) is 129 cm³/mol. The molecule has 1 heterocycles. The molecule has 0 saturated carbocycles. The van der Waals surface area contributed by atoms with Crippen molar-refractivity contribution in [2.24, 2.45) is 0 Å². The van der Waals surface area contributed by atoms with Crippen LogP contribution in [-0.2, 0) is 11.2 Å². The highest BCUT2D eigenvalue weighted by Gasteiger charge is 2.17. The molecular weight excluding hydrogens is 515 g/mol. The van der Waals surface area contributed by atoms with Gasteiger partial charge in [-0.3, -0.25) is 9.36 Å². The van der Waals surface area contributed by atoms with Crippen molar-refractivity contribution in [1.82, 2.24) is 14.8 Å². The summed E-state index contributed by atoms with van der Waals surface area (Å²) in [5, 5.41) is 12.4. The van der Waals surface area contributed by atoms with Crippen LogP contribution in [0.1, 0.15) is 11.4 Å². The minimum atomic E-state index is -0.327. The number of rotatable bonds is 7. The summed E-state index contributed by atoms with van der Waals surface area (Å²) in [6.07, 6.45) is 0.548. The number of amides is 1. The molecule has 0 aliphatic rings. The van der Waals surface area contributed by atoms with E-state index in [0.29, 0.717) is 28.1 Å². The zero-order chi connectivity index (χ0) is 22.5. The Bertz CT molecular complexity index is 1230. The molecule has 0 aliphatic heterocycles. The molecule has 3 aromatic carbocycles.